The molecule has 0 fully saturated rings. The second-order valence-electron chi connectivity index (χ2n) is 3.63. The van der Waals surface area contributed by atoms with Crippen molar-refractivity contribution in [2.45, 2.75) is 6.54 Å². The minimum absolute atomic E-state index is 0.0592. The van der Waals surface area contributed by atoms with E-state index in [2.05, 4.69) is 15.4 Å². The molecular formula is C10H9Cl2N5O2. The molecule has 0 aliphatic carbocycles. The van der Waals surface area contributed by atoms with Gasteiger partial charge in [-0.15, -0.1) is 0 Å². The molecule has 4 N–H and O–H groups in total. The lowest BCUT2D eigenvalue weighted by Crippen LogP contribution is -2.30. The number of rotatable bonds is 3. The molecule has 0 saturated heterocycles. The fraction of sp³-hybridized carbons (Fsp3) is 0.100. The van der Waals surface area contributed by atoms with E-state index in [1.54, 1.807) is 12.1 Å². The Morgan fingerprint density at radius 1 is 1.32 bits per heavy atom. The average molecular weight is 302 g/mol. The van der Waals surface area contributed by atoms with Gasteiger partial charge in [-0.25, -0.2) is 15.6 Å². The Balaban J connectivity index is 2.44. The van der Waals surface area contributed by atoms with Gasteiger partial charge >= 0.3 is 5.69 Å². The summed E-state index contributed by atoms with van der Waals surface area (Å²) < 4.78 is 1.19. The minimum atomic E-state index is -0.639. The van der Waals surface area contributed by atoms with Crippen molar-refractivity contribution in [1.82, 2.24) is 14.5 Å². The maximum absolute atomic E-state index is 11.6. The monoisotopic (exact) mass is 301 g/mol. The maximum Gasteiger partial charge on any atom is 0.328 e. The number of pyridine rings is 1. The number of nitrogen functional groups attached to an aromatic ring is 1. The highest BCUT2D eigenvalue weighted by Gasteiger charge is 2.08. The van der Waals surface area contributed by atoms with Crippen molar-refractivity contribution in [3.05, 3.63) is 54.9 Å². The molecule has 100 valence electrons. The molecule has 9 heteroatoms. The highest BCUT2D eigenvalue weighted by atomic mass is 35.5. The standard InChI is InChI=1S/C10H9Cl2N5O2/c11-5-1-2-8(16-13)14-7(5)4-17-3-6(12)9(18)15-10(17)19/h1-3H,4,13H2,(H,14,16)(H,15,18,19). The summed E-state index contributed by atoms with van der Waals surface area (Å²) in [6.45, 7) is 0.0592. The maximum atomic E-state index is 11.6. The summed E-state index contributed by atoms with van der Waals surface area (Å²) in [7, 11) is 0. The third kappa shape index (κ3) is 2.95. The van der Waals surface area contributed by atoms with E-state index in [0.717, 1.165) is 0 Å². The van der Waals surface area contributed by atoms with Crippen molar-refractivity contribution < 1.29 is 0 Å². The lowest BCUT2D eigenvalue weighted by Gasteiger charge is -2.08. The van der Waals surface area contributed by atoms with E-state index in [9.17, 15) is 9.59 Å². The van der Waals surface area contributed by atoms with Crippen LogP contribution in [0.15, 0.2) is 27.9 Å². The summed E-state index contributed by atoms with van der Waals surface area (Å²) in [5.41, 5.74) is 1.56. The van der Waals surface area contributed by atoms with E-state index in [1.807, 2.05) is 0 Å². The molecule has 2 aromatic rings. The van der Waals surface area contributed by atoms with Crippen LogP contribution in [0.25, 0.3) is 0 Å². The van der Waals surface area contributed by atoms with Crippen molar-refractivity contribution in [1.29, 1.82) is 0 Å². The van der Waals surface area contributed by atoms with E-state index in [-0.39, 0.29) is 11.6 Å². The highest BCUT2D eigenvalue weighted by molar-refractivity contribution is 6.31. The third-order valence-electron chi connectivity index (χ3n) is 2.35. The van der Waals surface area contributed by atoms with Crippen LogP contribution in [0, 0.1) is 0 Å². The molecule has 0 amide bonds. The third-order valence-corrected chi connectivity index (χ3v) is 2.97. The average Bonchev–Trinajstić information content (AvgIpc) is 2.38. The summed E-state index contributed by atoms with van der Waals surface area (Å²) >= 11 is 11.6. The molecule has 2 heterocycles. The van der Waals surface area contributed by atoms with E-state index in [1.165, 1.54) is 10.8 Å². The summed E-state index contributed by atoms with van der Waals surface area (Å²) in [4.78, 5) is 28.9. The Bertz CT molecular complexity index is 725. The molecule has 0 aliphatic heterocycles. The molecule has 0 aromatic carbocycles. The van der Waals surface area contributed by atoms with Crippen LogP contribution in [0.2, 0.25) is 10.0 Å². The number of halogens is 2. The number of nitrogens with one attached hydrogen (secondary N) is 2. The second-order valence-corrected chi connectivity index (χ2v) is 4.45. The Morgan fingerprint density at radius 3 is 2.74 bits per heavy atom. The van der Waals surface area contributed by atoms with E-state index in [4.69, 9.17) is 29.0 Å². The molecular weight excluding hydrogens is 293 g/mol. The van der Waals surface area contributed by atoms with Gasteiger partial charge in [0.25, 0.3) is 5.56 Å². The first-order valence-corrected chi connectivity index (χ1v) is 5.88. The van der Waals surface area contributed by atoms with Gasteiger partial charge in [0.1, 0.15) is 10.8 Å². The van der Waals surface area contributed by atoms with Crippen LogP contribution in [-0.4, -0.2) is 14.5 Å². The lowest BCUT2D eigenvalue weighted by molar-refractivity contribution is 0.706. The minimum Gasteiger partial charge on any atom is -0.308 e. The number of aromatic nitrogens is 3. The number of nitrogens with two attached hydrogens (primary N) is 1. The van der Waals surface area contributed by atoms with Gasteiger partial charge in [0, 0.05) is 6.20 Å². The van der Waals surface area contributed by atoms with Crippen LogP contribution < -0.4 is 22.5 Å². The SMILES string of the molecule is NNc1ccc(Cl)c(Cn2cc(Cl)c(=O)[nH]c2=O)n1. The quantitative estimate of drug-likeness (QED) is 0.568. The Kier molecular flexibility index (Phi) is 3.89. The molecule has 2 rings (SSSR count). The van der Waals surface area contributed by atoms with Crippen LogP contribution >= 0.6 is 23.2 Å². The van der Waals surface area contributed by atoms with Crippen molar-refractivity contribution in [3.63, 3.8) is 0 Å². The first kappa shape index (κ1) is 13.6. The zero-order valence-corrected chi connectivity index (χ0v) is 11.0. The predicted octanol–water partition coefficient (Wildman–Crippen LogP) is 0.572. The van der Waals surface area contributed by atoms with Gasteiger partial charge in [0.05, 0.1) is 17.3 Å². The first-order valence-electron chi connectivity index (χ1n) is 5.12. The van der Waals surface area contributed by atoms with E-state index >= 15 is 0 Å². The summed E-state index contributed by atoms with van der Waals surface area (Å²) in [5, 5.41) is 0.275. The van der Waals surface area contributed by atoms with Crippen molar-refractivity contribution in [2.75, 3.05) is 5.43 Å². The number of hydrazine groups is 1. The molecule has 0 unspecified atom stereocenters. The number of aromatic amines is 1. The normalized spacial score (nSPS) is 10.5. The number of H-pyrrole nitrogens is 1. The number of hydrogen-bond donors (Lipinski definition) is 3. The smallest absolute Gasteiger partial charge is 0.308 e. The Morgan fingerprint density at radius 2 is 2.05 bits per heavy atom. The van der Waals surface area contributed by atoms with Crippen LogP contribution in [-0.2, 0) is 6.54 Å². The van der Waals surface area contributed by atoms with Gasteiger partial charge in [-0.05, 0) is 12.1 Å². The molecule has 0 bridgehead atoms. The van der Waals surface area contributed by atoms with Gasteiger partial charge in [-0.2, -0.15) is 0 Å². The van der Waals surface area contributed by atoms with Crippen molar-refractivity contribution in [3.8, 4) is 0 Å². The first-order chi connectivity index (χ1) is 9.01. The van der Waals surface area contributed by atoms with E-state index in [0.29, 0.717) is 16.5 Å². The number of hydrogen-bond acceptors (Lipinski definition) is 5. The largest absolute Gasteiger partial charge is 0.328 e. The molecule has 0 saturated carbocycles. The molecule has 0 atom stereocenters. The Hall–Kier alpha value is -1.83. The van der Waals surface area contributed by atoms with Gasteiger partial charge in [-0.3, -0.25) is 14.3 Å². The molecule has 0 spiro atoms. The van der Waals surface area contributed by atoms with Gasteiger partial charge in [-0.1, -0.05) is 23.2 Å². The number of anilines is 1. The van der Waals surface area contributed by atoms with Crippen LogP contribution in [0.4, 0.5) is 5.82 Å². The van der Waals surface area contributed by atoms with Crippen LogP contribution in [0.3, 0.4) is 0 Å². The molecule has 0 radical (unpaired) electrons. The molecule has 2 aromatic heterocycles. The molecule has 7 nitrogen and oxygen atoms in total. The summed E-state index contributed by atoms with van der Waals surface area (Å²) in [6.07, 6.45) is 1.23. The molecule has 19 heavy (non-hydrogen) atoms. The molecule has 0 aliphatic rings. The van der Waals surface area contributed by atoms with Crippen molar-refractivity contribution >= 4 is 29.0 Å². The van der Waals surface area contributed by atoms with E-state index < -0.39 is 11.2 Å². The van der Waals surface area contributed by atoms with Crippen molar-refractivity contribution in [2.24, 2.45) is 5.84 Å². The second kappa shape index (κ2) is 5.43. The van der Waals surface area contributed by atoms with Crippen LogP contribution in [0.5, 0.6) is 0 Å². The van der Waals surface area contributed by atoms with Gasteiger partial charge in [0.2, 0.25) is 0 Å². The van der Waals surface area contributed by atoms with Crippen LogP contribution in [0.1, 0.15) is 5.69 Å². The van der Waals surface area contributed by atoms with Gasteiger partial charge in [0.15, 0.2) is 0 Å². The summed E-state index contributed by atoms with van der Waals surface area (Å²) in [5.74, 6) is 5.65. The zero-order chi connectivity index (χ0) is 14.0. The topological polar surface area (TPSA) is 106 Å². The fourth-order valence-corrected chi connectivity index (χ4v) is 1.77. The predicted molar refractivity (Wildman–Crippen MR) is 72.5 cm³/mol. The van der Waals surface area contributed by atoms with Gasteiger partial charge < -0.3 is 5.43 Å². The zero-order valence-electron chi connectivity index (χ0n) is 9.48. The lowest BCUT2D eigenvalue weighted by atomic mass is 10.3. The summed E-state index contributed by atoms with van der Waals surface area (Å²) in [6, 6.07) is 3.19. The number of nitrogens with zero attached hydrogens (tertiary/aromatic N) is 2. The Labute approximate surface area is 117 Å². The fourth-order valence-electron chi connectivity index (χ4n) is 1.44. The highest BCUT2D eigenvalue weighted by Crippen LogP contribution is 2.16.